The van der Waals surface area contributed by atoms with Gasteiger partial charge in [-0.2, -0.15) is 0 Å². The Morgan fingerprint density at radius 2 is 0.967 bits per heavy atom. The van der Waals surface area contributed by atoms with E-state index in [1.807, 2.05) is 76.2 Å². The first-order chi connectivity index (χ1) is 14.6. The fourth-order valence-corrected chi connectivity index (χ4v) is 1.76. The fraction of sp³-hybridized carbons (Fsp3) is 0.538. The van der Waals surface area contributed by atoms with Crippen molar-refractivity contribution in [1.82, 2.24) is 15.0 Å². The van der Waals surface area contributed by atoms with Crippen molar-refractivity contribution in [2.24, 2.45) is 0 Å². The fourth-order valence-electron chi connectivity index (χ4n) is 1.76. The topological polar surface area (TPSA) is 39.9 Å². The molecule has 0 fully saturated rings. The molecule has 1 heterocycles. The van der Waals surface area contributed by atoms with Crippen molar-refractivity contribution in [3.8, 4) is 11.4 Å². The molecule has 30 heavy (non-hydrogen) atoms. The summed E-state index contributed by atoms with van der Waals surface area (Å²) in [6.45, 7) is 20.8. The second-order valence-electron chi connectivity index (χ2n) is 5.77. The molecule has 0 radical (unpaired) electrons. The van der Waals surface area contributed by atoms with Gasteiger partial charge in [-0.1, -0.05) is 113 Å². The molecule has 2 aromatic carbocycles. The van der Waals surface area contributed by atoms with Crippen LogP contribution in [0.4, 0.5) is 0 Å². The molecule has 0 bridgehead atoms. The molecule has 0 aliphatic rings. The van der Waals surface area contributed by atoms with E-state index < -0.39 is 0 Å². The number of benzene rings is 2. The molecule has 0 saturated heterocycles. The maximum atomic E-state index is 5.29. The third-order valence-electron chi connectivity index (χ3n) is 2.59. The average Bonchev–Trinajstić information content (AvgIpc) is 3.22. The molecule has 0 N–H and O–H groups in total. The van der Waals surface area contributed by atoms with E-state index in [1.54, 1.807) is 11.9 Å². The van der Waals surface area contributed by atoms with Gasteiger partial charge in [0.25, 0.3) is 0 Å². The van der Waals surface area contributed by atoms with E-state index >= 15 is 0 Å². The molecular formula is C26H47N3O. The zero-order chi connectivity index (χ0) is 23.8. The summed E-state index contributed by atoms with van der Waals surface area (Å²) in [6, 6.07) is 15.5. The van der Waals surface area contributed by atoms with Crippen LogP contribution >= 0.6 is 0 Å². The Kier molecular flexibility index (Phi) is 26.6. The Morgan fingerprint density at radius 3 is 1.33 bits per heavy atom. The smallest absolute Gasteiger partial charge is 0.146 e. The summed E-state index contributed by atoms with van der Waals surface area (Å²) in [6.07, 6.45) is 3.75. The number of rotatable bonds is 2. The largest absolute Gasteiger partial charge is 0.494 e. The Labute approximate surface area is 186 Å². The number of hydrogen-bond acceptors (Lipinski definition) is 3. The van der Waals surface area contributed by atoms with Crippen molar-refractivity contribution in [3.05, 3.63) is 48.5 Å². The van der Waals surface area contributed by atoms with Crippen molar-refractivity contribution in [3.63, 3.8) is 0 Å². The van der Waals surface area contributed by atoms with E-state index in [4.69, 9.17) is 4.74 Å². The highest BCUT2D eigenvalue weighted by atomic mass is 16.5. The highest BCUT2D eigenvalue weighted by Gasteiger charge is 2.07. The maximum absolute atomic E-state index is 5.29. The van der Waals surface area contributed by atoms with Crippen LogP contribution in [0.5, 0.6) is 5.75 Å². The van der Waals surface area contributed by atoms with Crippen LogP contribution in [0.2, 0.25) is 0 Å². The van der Waals surface area contributed by atoms with Crippen molar-refractivity contribution in [2.45, 2.75) is 88.5 Å². The molecule has 4 heteroatoms. The molecular weight excluding hydrogens is 370 g/mol. The lowest BCUT2D eigenvalue weighted by Crippen LogP contribution is -2.01. The van der Waals surface area contributed by atoms with Crippen molar-refractivity contribution < 1.29 is 4.74 Å². The quantitative estimate of drug-likeness (QED) is 0.418. The summed E-state index contributed by atoms with van der Waals surface area (Å²) in [7, 11) is 1.64. The minimum atomic E-state index is 0.757. The lowest BCUT2D eigenvalue weighted by atomic mass is 10.3. The zero-order valence-electron chi connectivity index (χ0n) is 21.5. The molecule has 3 aromatic rings. The van der Waals surface area contributed by atoms with Crippen LogP contribution in [-0.2, 0) is 0 Å². The number of aromatic nitrogens is 3. The second kappa shape index (κ2) is 24.7. The van der Waals surface area contributed by atoms with Gasteiger partial charge in [0.05, 0.1) is 7.11 Å². The van der Waals surface area contributed by atoms with Gasteiger partial charge in [-0.15, -0.1) is 15.0 Å². The number of ether oxygens (including phenoxy) is 1. The van der Waals surface area contributed by atoms with Gasteiger partial charge in [0, 0.05) is 0 Å². The van der Waals surface area contributed by atoms with Crippen molar-refractivity contribution in [1.29, 1.82) is 0 Å². The Balaban J connectivity index is -0.000000474. The molecule has 4 nitrogen and oxygen atoms in total. The van der Waals surface area contributed by atoms with Gasteiger partial charge >= 0.3 is 0 Å². The molecule has 1 aromatic heterocycles. The Bertz CT molecular complexity index is 670. The van der Waals surface area contributed by atoms with Gasteiger partial charge in [-0.25, -0.2) is 0 Å². The summed E-state index contributed by atoms with van der Waals surface area (Å²) >= 11 is 0. The summed E-state index contributed by atoms with van der Waals surface area (Å²) in [4.78, 5) is 1.60. The van der Waals surface area contributed by atoms with Crippen LogP contribution < -0.4 is 4.74 Å². The minimum Gasteiger partial charge on any atom is -0.494 e. The highest BCUT2D eigenvalue weighted by molar-refractivity contribution is 5.73. The normalized spacial score (nSPS) is 8.23. The van der Waals surface area contributed by atoms with Crippen molar-refractivity contribution in [2.75, 3.05) is 7.11 Å². The number of hydrogen-bond donors (Lipinski definition) is 0. The second-order valence-corrected chi connectivity index (χ2v) is 5.77. The van der Waals surface area contributed by atoms with E-state index in [0.717, 1.165) is 22.5 Å². The molecule has 0 aliphatic heterocycles. The number of methoxy groups -OCH3 is 1. The summed E-state index contributed by atoms with van der Waals surface area (Å²) in [5, 5.41) is 8.83. The van der Waals surface area contributed by atoms with Crippen molar-refractivity contribution >= 4 is 11.0 Å². The minimum absolute atomic E-state index is 0.757. The first-order valence-electron chi connectivity index (χ1n) is 11.6. The standard InChI is InChI=1S/C13H11N3O.3C3H8.2C2H6/c1-17-13-9-5-4-8-12(13)16-14-10-6-2-3-7-11(10)15-16;3*1-3-2;2*1-2/h2-9H,1H3;3*3H2,1-2H3;2*1-2H3. The maximum Gasteiger partial charge on any atom is 0.146 e. The zero-order valence-corrected chi connectivity index (χ0v) is 21.5. The van der Waals surface area contributed by atoms with Gasteiger partial charge in [0.1, 0.15) is 22.5 Å². The summed E-state index contributed by atoms with van der Waals surface area (Å²) in [5.41, 5.74) is 2.59. The molecule has 0 spiro atoms. The molecule has 3 rings (SSSR count). The molecule has 0 unspecified atom stereocenters. The van der Waals surface area contributed by atoms with Crippen LogP contribution in [0.3, 0.4) is 0 Å². The van der Waals surface area contributed by atoms with Gasteiger partial charge in [0.15, 0.2) is 0 Å². The van der Waals surface area contributed by atoms with E-state index in [-0.39, 0.29) is 0 Å². The average molecular weight is 418 g/mol. The Hall–Kier alpha value is -2.36. The molecule has 172 valence electrons. The lowest BCUT2D eigenvalue weighted by molar-refractivity contribution is 0.410. The van der Waals surface area contributed by atoms with Crippen LogP contribution in [0.1, 0.15) is 88.5 Å². The highest BCUT2D eigenvalue weighted by Crippen LogP contribution is 2.21. The van der Waals surface area contributed by atoms with Gasteiger partial charge in [0.2, 0.25) is 0 Å². The van der Waals surface area contributed by atoms with Crippen LogP contribution in [0.15, 0.2) is 48.5 Å². The number of fused-ring (bicyclic) bond motifs is 1. The summed E-state index contributed by atoms with van der Waals surface area (Å²) < 4.78 is 5.29. The van der Waals surface area contributed by atoms with Crippen LogP contribution in [0, 0.1) is 0 Å². The number of nitrogens with zero attached hydrogens (tertiary/aromatic N) is 3. The third-order valence-corrected chi connectivity index (χ3v) is 2.59. The predicted octanol–water partition coefficient (Wildman–Crippen LogP) is 8.73. The van der Waals surface area contributed by atoms with E-state index in [1.165, 1.54) is 19.3 Å². The van der Waals surface area contributed by atoms with Crippen LogP contribution in [0.25, 0.3) is 16.7 Å². The molecule has 0 atom stereocenters. The third kappa shape index (κ3) is 13.8. The first-order valence-corrected chi connectivity index (χ1v) is 11.6. The van der Waals surface area contributed by atoms with E-state index in [2.05, 4.69) is 51.7 Å². The number of para-hydroxylation sites is 2. The van der Waals surface area contributed by atoms with E-state index in [9.17, 15) is 0 Å². The monoisotopic (exact) mass is 417 g/mol. The van der Waals surface area contributed by atoms with Gasteiger partial charge in [-0.3, -0.25) is 0 Å². The molecule has 0 saturated carbocycles. The molecule has 0 aliphatic carbocycles. The first kappa shape index (κ1) is 32.3. The van der Waals surface area contributed by atoms with Gasteiger partial charge < -0.3 is 4.74 Å². The SMILES string of the molecule is CC.CC.CCC.CCC.CCC.COc1ccccc1-n1nc2ccccc2n1. The van der Waals surface area contributed by atoms with E-state index in [0.29, 0.717) is 0 Å². The van der Waals surface area contributed by atoms with Gasteiger partial charge in [-0.05, 0) is 24.3 Å². The Morgan fingerprint density at radius 1 is 0.633 bits per heavy atom. The molecule has 0 amide bonds. The lowest BCUT2D eigenvalue weighted by Gasteiger charge is -2.05. The van der Waals surface area contributed by atoms with Crippen LogP contribution in [-0.4, -0.2) is 22.1 Å². The summed E-state index contributed by atoms with van der Waals surface area (Å²) in [5.74, 6) is 0.757. The predicted molar refractivity (Wildman–Crippen MR) is 136 cm³/mol.